The Kier molecular flexibility index (Phi) is 3.29. The topological polar surface area (TPSA) is 54.0 Å². The Morgan fingerprint density at radius 2 is 2.07 bits per heavy atom. The molecule has 4 nitrogen and oxygen atoms in total. The van der Waals surface area contributed by atoms with Crippen LogP contribution < -0.4 is 10.6 Å². The molecule has 1 aromatic heterocycles. The fourth-order valence-corrected chi connectivity index (χ4v) is 1.11. The van der Waals surface area contributed by atoms with E-state index >= 15 is 0 Å². The van der Waals surface area contributed by atoms with Crippen molar-refractivity contribution in [3.63, 3.8) is 0 Å². The molecule has 2 N–H and O–H groups in total. The fourth-order valence-electron chi connectivity index (χ4n) is 1.11. The molecule has 0 atom stereocenters. The summed E-state index contributed by atoms with van der Waals surface area (Å²) in [5.74, 6) is -0.153. The van der Waals surface area contributed by atoms with E-state index in [9.17, 15) is 4.79 Å². The van der Waals surface area contributed by atoms with Crippen molar-refractivity contribution in [2.75, 3.05) is 12.4 Å². The predicted molar refractivity (Wildman–Crippen MR) is 61.0 cm³/mol. The van der Waals surface area contributed by atoms with Crippen molar-refractivity contribution in [1.82, 2.24) is 10.3 Å². The Bertz CT molecular complexity index is 355. The summed E-state index contributed by atoms with van der Waals surface area (Å²) in [5.41, 5.74) is 1.06. The van der Waals surface area contributed by atoms with Gasteiger partial charge in [0.05, 0.1) is 0 Å². The van der Waals surface area contributed by atoms with Crippen LogP contribution in [0.1, 0.15) is 31.3 Å². The number of aromatic nitrogens is 1. The Morgan fingerprint density at radius 3 is 2.60 bits per heavy atom. The van der Waals surface area contributed by atoms with E-state index in [1.807, 2.05) is 26.8 Å². The van der Waals surface area contributed by atoms with Gasteiger partial charge in [0.2, 0.25) is 0 Å². The number of anilines is 1. The standard InChI is InChI=1S/C11H17N3O/c1-11(2,3)14-10(15)9-7-8(12-4)5-6-13-9/h5-7H,1-4H3,(H,12,13)(H,14,15). The van der Waals surface area contributed by atoms with Gasteiger partial charge in [-0.15, -0.1) is 0 Å². The van der Waals surface area contributed by atoms with E-state index in [1.54, 1.807) is 19.3 Å². The van der Waals surface area contributed by atoms with E-state index in [0.717, 1.165) is 5.69 Å². The number of pyridine rings is 1. The van der Waals surface area contributed by atoms with Crippen molar-refractivity contribution in [3.05, 3.63) is 24.0 Å². The third-order valence-electron chi connectivity index (χ3n) is 1.77. The first-order valence-corrected chi connectivity index (χ1v) is 4.89. The zero-order valence-corrected chi connectivity index (χ0v) is 9.59. The summed E-state index contributed by atoms with van der Waals surface area (Å²) in [7, 11) is 1.81. The summed E-state index contributed by atoms with van der Waals surface area (Å²) in [6.45, 7) is 5.81. The second-order valence-corrected chi connectivity index (χ2v) is 4.38. The van der Waals surface area contributed by atoms with Crippen LogP contribution in [0.4, 0.5) is 5.69 Å². The number of rotatable bonds is 2. The van der Waals surface area contributed by atoms with Gasteiger partial charge in [-0.25, -0.2) is 0 Å². The average molecular weight is 207 g/mol. The molecule has 1 amide bonds. The molecule has 0 aliphatic rings. The summed E-state index contributed by atoms with van der Waals surface area (Å²) in [6.07, 6.45) is 1.61. The number of nitrogens with zero attached hydrogens (tertiary/aromatic N) is 1. The van der Waals surface area contributed by atoms with E-state index in [2.05, 4.69) is 15.6 Å². The molecule has 15 heavy (non-hydrogen) atoms. The van der Waals surface area contributed by atoms with Crippen LogP contribution in [-0.4, -0.2) is 23.5 Å². The monoisotopic (exact) mass is 207 g/mol. The Morgan fingerprint density at radius 1 is 1.40 bits per heavy atom. The smallest absolute Gasteiger partial charge is 0.270 e. The van der Waals surface area contributed by atoms with Crippen LogP contribution >= 0.6 is 0 Å². The lowest BCUT2D eigenvalue weighted by Gasteiger charge is -2.20. The van der Waals surface area contributed by atoms with E-state index in [0.29, 0.717) is 5.69 Å². The molecule has 0 unspecified atom stereocenters. The predicted octanol–water partition coefficient (Wildman–Crippen LogP) is 1.65. The normalized spacial score (nSPS) is 10.9. The van der Waals surface area contributed by atoms with Gasteiger partial charge in [-0.1, -0.05) is 0 Å². The highest BCUT2D eigenvalue weighted by atomic mass is 16.2. The molecule has 0 aromatic carbocycles. The summed E-state index contributed by atoms with van der Waals surface area (Å²) < 4.78 is 0. The number of carbonyl (C=O) groups is 1. The van der Waals surface area contributed by atoms with Crippen molar-refractivity contribution in [2.24, 2.45) is 0 Å². The van der Waals surface area contributed by atoms with Crippen LogP contribution in [0.3, 0.4) is 0 Å². The molecular formula is C11H17N3O. The van der Waals surface area contributed by atoms with Gasteiger partial charge in [0.1, 0.15) is 5.69 Å². The molecule has 0 fully saturated rings. The second kappa shape index (κ2) is 4.29. The average Bonchev–Trinajstić information content (AvgIpc) is 2.15. The summed E-state index contributed by atoms with van der Waals surface area (Å²) >= 11 is 0. The molecule has 0 aliphatic heterocycles. The molecule has 1 aromatic rings. The van der Waals surface area contributed by atoms with Crippen molar-refractivity contribution in [3.8, 4) is 0 Å². The summed E-state index contributed by atoms with van der Waals surface area (Å²) in [4.78, 5) is 15.7. The van der Waals surface area contributed by atoms with Gasteiger partial charge in [0.25, 0.3) is 5.91 Å². The molecule has 0 spiro atoms. The van der Waals surface area contributed by atoms with Crippen LogP contribution in [-0.2, 0) is 0 Å². The van der Waals surface area contributed by atoms with Gasteiger partial charge in [-0.3, -0.25) is 9.78 Å². The number of amides is 1. The number of nitrogens with one attached hydrogen (secondary N) is 2. The minimum Gasteiger partial charge on any atom is -0.388 e. The van der Waals surface area contributed by atoms with Gasteiger partial charge in [-0.2, -0.15) is 0 Å². The highest BCUT2D eigenvalue weighted by Gasteiger charge is 2.16. The Balaban J connectivity index is 2.82. The molecule has 1 heterocycles. The maximum Gasteiger partial charge on any atom is 0.270 e. The first-order valence-electron chi connectivity index (χ1n) is 4.89. The minimum absolute atomic E-state index is 0.153. The van der Waals surface area contributed by atoms with Gasteiger partial charge in [-0.05, 0) is 32.9 Å². The quantitative estimate of drug-likeness (QED) is 0.775. The van der Waals surface area contributed by atoms with Crippen molar-refractivity contribution < 1.29 is 4.79 Å². The number of carbonyl (C=O) groups excluding carboxylic acids is 1. The van der Waals surface area contributed by atoms with E-state index < -0.39 is 0 Å². The first-order chi connectivity index (χ1) is 6.92. The molecular weight excluding hydrogens is 190 g/mol. The van der Waals surface area contributed by atoms with Crippen LogP contribution in [0.2, 0.25) is 0 Å². The van der Waals surface area contributed by atoms with Gasteiger partial charge in [0.15, 0.2) is 0 Å². The number of hydrogen-bond acceptors (Lipinski definition) is 3. The van der Waals surface area contributed by atoms with Crippen molar-refractivity contribution in [1.29, 1.82) is 0 Å². The molecule has 0 aliphatic carbocycles. The molecule has 0 saturated heterocycles. The van der Waals surface area contributed by atoms with Crippen LogP contribution in [0.15, 0.2) is 18.3 Å². The number of hydrogen-bond donors (Lipinski definition) is 2. The largest absolute Gasteiger partial charge is 0.388 e. The van der Waals surface area contributed by atoms with Gasteiger partial charge >= 0.3 is 0 Å². The van der Waals surface area contributed by atoms with E-state index in [4.69, 9.17) is 0 Å². The van der Waals surface area contributed by atoms with Crippen LogP contribution in [0, 0.1) is 0 Å². The van der Waals surface area contributed by atoms with Crippen LogP contribution in [0.5, 0.6) is 0 Å². The second-order valence-electron chi connectivity index (χ2n) is 4.38. The zero-order chi connectivity index (χ0) is 11.5. The third kappa shape index (κ3) is 3.58. The van der Waals surface area contributed by atoms with Gasteiger partial charge in [0, 0.05) is 24.5 Å². The third-order valence-corrected chi connectivity index (χ3v) is 1.77. The Labute approximate surface area is 90.1 Å². The minimum atomic E-state index is -0.242. The van der Waals surface area contributed by atoms with Crippen molar-refractivity contribution >= 4 is 11.6 Å². The Hall–Kier alpha value is -1.58. The van der Waals surface area contributed by atoms with E-state index in [1.165, 1.54) is 0 Å². The summed E-state index contributed by atoms with van der Waals surface area (Å²) in [6, 6.07) is 3.54. The highest BCUT2D eigenvalue weighted by molar-refractivity contribution is 5.93. The maximum absolute atomic E-state index is 11.7. The molecule has 1 rings (SSSR count). The fraction of sp³-hybridized carbons (Fsp3) is 0.455. The molecule has 4 heteroatoms. The zero-order valence-electron chi connectivity index (χ0n) is 9.59. The lowest BCUT2D eigenvalue weighted by molar-refractivity contribution is 0.0914. The SMILES string of the molecule is CNc1ccnc(C(=O)NC(C)(C)C)c1. The highest BCUT2D eigenvalue weighted by Crippen LogP contribution is 2.08. The maximum atomic E-state index is 11.7. The molecule has 0 saturated carbocycles. The van der Waals surface area contributed by atoms with Crippen molar-refractivity contribution in [2.45, 2.75) is 26.3 Å². The molecule has 0 bridgehead atoms. The molecule has 82 valence electrons. The first kappa shape index (κ1) is 11.5. The molecule has 0 radical (unpaired) electrons. The van der Waals surface area contributed by atoms with Crippen LogP contribution in [0.25, 0.3) is 0 Å². The van der Waals surface area contributed by atoms with E-state index in [-0.39, 0.29) is 11.4 Å². The van der Waals surface area contributed by atoms with Gasteiger partial charge < -0.3 is 10.6 Å². The summed E-state index contributed by atoms with van der Waals surface area (Å²) in [5, 5.41) is 5.82. The lowest BCUT2D eigenvalue weighted by atomic mass is 10.1. The lowest BCUT2D eigenvalue weighted by Crippen LogP contribution is -2.40.